The molecule has 7 heteroatoms. The number of halogens is 1. The van der Waals surface area contributed by atoms with Crippen molar-refractivity contribution in [2.75, 3.05) is 33.3 Å². The maximum atomic E-state index is 13.9. The lowest BCUT2D eigenvalue weighted by atomic mass is 10.1. The molecule has 0 unspecified atom stereocenters. The van der Waals surface area contributed by atoms with Crippen molar-refractivity contribution in [3.8, 4) is 5.75 Å². The van der Waals surface area contributed by atoms with Gasteiger partial charge in [0, 0.05) is 25.2 Å². The molecule has 21 heavy (non-hydrogen) atoms. The zero-order valence-electron chi connectivity index (χ0n) is 11.7. The molecule has 0 aromatic heterocycles. The summed E-state index contributed by atoms with van der Waals surface area (Å²) < 4.78 is 19.0. The fourth-order valence-corrected chi connectivity index (χ4v) is 2.33. The third-order valence-electron chi connectivity index (χ3n) is 3.40. The van der Waals surface area contributed by atoms with Crippen LogP contribution in [-0.2, 0) is 16.1 Å². The molecule has 1 saturated heterocycles. The van der Waals surface area contributed by atoms with Crippen LogP contribution in [0.3, 0.4) is 0 Å². The highest BCUT2D eigenvalue weighted by Gasteiger charge is 2.26. The number of benzene rings is 1. The summed E-state index contributed by atoms with van der Waals surface area (Å²) in [6.45, 7) is 0.849. The molecule has 1 aliphatic rings. The van der Waals surface area contributed by atoms with E-state index in [1.165, 1.54) is 18.1 Å². The summed E-state index contributed by atoms with van der Waals surface area (Å²) in [6, 6.07) is 4.58. The second kappa shape index (κ2) is 6.53. The lowest BCUT2D eigenvalue weighted by molar-refractivity contribution is -0.147. The van der Waals surface area contributed by atoms with Crippen molar-refractivity contribution >= 4 is 11.9 Å². The van der Waals surface area contributed by atoms with Gasteiger partial charge in [-0.1, -0.05) is 6.07 Å². The number of piperazine rings is 1. The van der Waals surface area contributed by atoms with Gasteiger partial charge in [-0.2, -0.15) is 0 Å². The van der Waals surface area contributed by atoms with Crippen LogP contribution in [0.4, 0.5) is 4.39 Å². The molecule has 1 aliphatic heterocycles. The highest BCUT2D eigenvalue weighted by molar-refractivity contribution is 5.83. The van der Waals surface area contributed by atoms with Crippen molar-refractivity contribution in [1.82, 2.24) is 9.80 Å². The summed E-state index contributed by atoms with van der Waals surface area (Å²) in [5, 5.41) is 8.72. The van der Waals surface area contributed by atoms with Crippen LogP contribution in [0.15, 0.2) is 18.2 Å². The normalized spacial score (nSPS) is 16.1. The van der Waals surface area contributed by atoms with E-state index in [-0.39, 0.29) is 31.4 Å². The van der Waals surface area contributed by atoms with Crippen molar-refractivity contribution in [2.45, 2.75) is 6.54 Å². The van der Waals surface area contributed by atoms with Crippen molar-refractivity contribution in [3.63, 3.8) is 0 Å². The van der Waals surface area contributed by atoms with Crippen LogP contribution in [0.5, 0.6) is 5.75 Å². The van der Waals surface area contributed by atoms with Gasteiger partial charge in [-0.15, -0.1) is 0 Å². The smallest absolute Gasteiger partial charge is 0.323 e. The molecule has 0 saturated carbocycles. The quantitative estimate of drug-likeness (QED) is 0.860. The molecule has 1 N–H and O–H groups in total. The Bertz CT molecular complexity index is 550. The third-order valence-corrected chi connectivity index (χ3v) is 3.40. The number of carbonyl (C=O) groups is 2. The first-order chi connectivity index (χ1) is 10.0. The average molecular weight is 296 g/mol. The van der Waals surface area contributed by atoms with Crippen LogP contribution in [0.25, 0.3) is 0 Å². The third kappa shape index (κ3) is 3.69. The molecule has 0 aliphatic carbocycles. The Balaban J connectivity index is 2.03. The molecule has 2 rings (SSSR count). The number of aliphatic carboxylic acids is 1. The summed E-state index contributed by atoms with van der Waals surface area (Å²) in [6.07, 6.45) is 0. The number of amides is 1. The fraction of sp³-hybridized carbons (Fsp3) is 0.429. The molecule has 6 nitrogen and oxygen atoms in total. The zero-order valence-corrected chi connectivity index (χ0v) is 11.7. The largest absolute Gasteiger partial charge is 0.496 e. The number of methoxy groups -OCH3 is 1. The van der Waals surface area contributed by atoms with E-state index in [0.717, 1.165) is 0 Å². The second-order valence-electron chi connectivity index (χ2n) is 4.84. The maximum Gasteiger partial charge on any atom is 0.323 e. The van der Waals surface area contributed by atoms with E-state index >= 15 is 0 Å². The van der Waals surface area contributed by atoms with E-state index in [1.54, 1.807) is 17.0 Å². The monoisotopic (exact) mass is 296 g/mol. The van der Waals surface area contributed by atoms with Crippen LogP contribution < -0.4 is 4.74 Å². The molecule has 1 aromatic carbocycles. The van der Waals surface area contributed by atoms with Crippen LogP contribution in [-0.4, -0.2) is 60.1 Å². The number of carbonyl (C=O) groups excluding carboxylic acids is 1. The Hall–Kier alpha value is -2.15. The van der Waals surface area contributed by atoms with E-state index in [2.05, 4.69) is 0 Å². The summed E-state index contributed by atoms with van der Waals surface area (Å²) in [5.41, 5.74) is 0.402. The Kier molecular flexibility index (Phi) is 4.74. The minimum absolute atomic E-state index is 0.0742. The van der Waals surface area contributed by atoms with Crippen LogP contribution >= 0.6 is 0 Å². The Morgan fingerprint density at radius 2 is 2.19 bits per heavy atom. The summed E-state index contributed by atoms with van der Waals surface area (Å²) >= 11 is 0. The number of rotatable bonds is 5. The SMILES string of the molecule is COc1cccc(F)c1CN1CCN(CC(=O)O)C(=O)C1. The first-order valence-corrected chi connectivity index (χ1v) is 6.54. The van der Waals surface area contributed by atoms with Gasteiger partial charge < -0.3 is 14.7 Å². The number of carboxylic acid groups (broad SMARTS) is 1. The van der Waals surface area contributed by atoms with Crippen molar-refractivity contribution in [1.29, 1.82) is 0 Å². The van der Waals surface area contributed by atoms with Crippen LogP contribution in [0.2, 0.25) is 0 Å². The van der Waals surface area contributed by atoms with Gasteiger partial charge in [0.1, 0.15) is 18.1 Å². The minimum atomic E-state index is -1.03. The first-order valence-electron chi connectivity index (χ1n) is 6.54. The number of carboxylic acids is 1. The molecule has 1 fully saturated rings. The molecule has 1 aromatic rings. The number of nitrogens with zero attached hydrogens (tertiary/aromatic N) is 2. The summed E-state index contributed by atoms with van der Waals surface area (Å²) in [5.74, 6) is -1.24. The van der Waals surface area contributed by atoms with Gasteiger partial charge in [0.15, 0.2) is 0 Å². The Morgan fingerprint density at radius 1 is 1.43 bits per heavy atom. The Morgan fingerprint density at radius 3 is 2.81 bits per heavy atom. The summed E-state index contributed by atoms with van der Waals surface area (Å²) in [7, 11) is 1.47. The second-order valence-corrected chi connectivity index (χ2v) is 4.84. The standard InChI is InChI=1S/C14H17FN2O4/c1-21-12-4-2-3-11(15)10(12)7-16-5-6-17(9-14(19)20)13(18)8-16/h2-4H,5-9H2,1H3,(H,19,20). The number of hydrogen-bond donors (Lipinski definition) is 1. The summed E-state index contributed by atoms with van der Waals surface area (Å²) in [4.78, 5) is 25.6. The van der Waals surface area contributed by atoms with Gasteiger partial charge in [-0.25, -0.2) is 4.39 Å². The molecule has 0 spiro atoms. The van der Waals surface area contributed by atoms with Gasteiger partial charge in [0.25, 0.3) is 0 Å². The van der Waals surface area contributed by atoms with Crippen LogP contribution in [0.1, 0.15) is 5.56 Å². The highest BCUT2D eigenvalue weighted by Crippen LogP contribution is 2.23. The van der Waals surface area contributed by atoms with Gasteiger partial charge in [0.2, 0.25) is 5.91 Å². The Labute approximate surface area is 121 Å². The van der Waals surface area contributed by atoms with Crippen molar-refractivity contribution in [3.05, 3.63) is 29.6 Å². The number of hydrogen-bond acceptors (Lipinski definition) is 4. The van der Waals surface area contributed by atoms with Crippen LogP contribution in [0, 0.1) is 5.82 Å². The molecule has 1 amide bonds. The maximum absolute atomic E-state index is 13.9. The molecule has 1 heterocycles. The van der Waals surface area contributed by atoms with E-state index in [0.29, 0.717) is 24.4 Å². The molecular weight excluding hydrogens is 279 g/mol. The van der Waals surface area contributed by atoms with Gasteiger partial charge in [-0.05, 0) is 12.1 Å². The van der Waals surface area contributed by atoms with E-state index < -0.39 is 5.97 Å². The molecule has 0 atom stereocenters. The molecule has 0 bridgehead atoms. The van der Waals surface area contributed by atoms with Gasteiger partial charge in [-0.3, -0.25) is 14.5 Å². The first kappa shape index (κ1) is 15.2. The van der Waals surface area contributed by atoms with Gasteiger partial charge in [0.05, 0.1) is 13.7 Å². The molecule has 114 valence electrons. The highest BCUT2D eigenvalue weighted by atomic mass is 19.1. The minimum Gasteiger partial charge on any atom is -0.496 e. The van der Waals surface area contributed by atoms with E-state index in [9.17, 15) is 14.0 Å². The topological polar surface area (TPSA) is 70.1 Å². The number of ether oxygens (including phenoxy) is 1. The lowest BCUT2D eigenvalue weighted by Crippen LogP contribution is -2.51. The van der Waals surface area contributed by atoms with E-state index in [1.807, 2.05) is 0 Å². The predicted molar refractivity (Wildman–Crippen MR) is 72.4 cm³/mol. The lowest BCUT2D eigenvalue weighted by Gasteiger charge is -2.33. The fourth-order valence-electron chi connectivity index (χ4n) is 2.33. The zero-order chi connectivity index (χ0) is 15.4. The van der Waals surface area contributed by atoms with Gasteiger partial charge >= 0.3 is 5.97 Å². The predicted octanol–water partition coefficient (Wildman–Crippen LogP) is 0.563. The van der Waals surface area contributed by atoms with Crippen molar-refractivity contribution < 1.29 is 23.8 Å². The van der Waals surface area contributed by atoms with E-state index in [4.69, 9.17) is 9.84 Å². The average Bonchev–Trinajstić information content (AvgIpc) is 2.43. The molecule has 0 radical (unpaired) electrons. The van der Waals surface area contributed by atoms with Crippen molar-refractivity contribution in [2.24, 2.45) is 0 Å². The molecular formula is C14H17FN2O4.